The Kier molecular flexibility index (Phi) is 5.94. The highest BCUT2D eigenvalue weighted by Crippen LogP contribution is 2.39. The van der Waals surface area contributed by atoms with Crippen LogP contribution in [0.3, 0.4) is 0 Å². The van der Waals surface area contributed by atoms with Crippen LogP contribution in [0.1, 0.15) is 44.9 Å². The Morgan fingerprint density at radius 1 is 1.06 bits per heavy atom. The molecular weight excluding hydrogens is 444 g/mol. The molecule has 0 aliphatic carbocycles. The number of ether oxygens (including phenoxy) is 3. The molecule has 2 atom stereocenters. The Morgan fingerprint density at radius 3 is 2.39 bits per heavy atom. The van der Waals surface area contributed by atoms with Crippen molar-refractivity contribution in [3.05, 3.63) is 47.5 Å². The lowest BCUT2D eigenvalue weighted by Crippen LogP contribution is -2.50. The lowest BCUT2D eigenvalue weighted by atomic mass is 9.86. The standard InChI is InChI=1S/C24H30N2O6S/c1-15(16-6-8-20-21(12-16)31-11-10-30-20)25-23(27)22-14-26(33(5,28)29)18-13-17(24(2,3)4)7-9-19(18)32-22/h6-9,12-13,15,22H,10-11,14H2,1-5H3,(H,25,27). The zero-order valence-electron chi connectivity index (χ0n) is 19.5. The van der Waals surface area contributed by atoms with Crippen LogP contribution in [-0.2, 0) is 20.2 Å². The monoisotopic (exact) mass is 474 g/mol. The number of amides is 1. The number of sulfonamides is 1. The normalized spacial score (nSPS) is 18.7. The van der Waals surface area contributed by atoms with Crippen molar-refractivity contribution in [3.8, 4) is 17.2 Å². The van der Waals surface area contributed by atoms with Crippen LogP contribution < -0.4 is 23.8 Å². The third-order valence-electron chi connectivity index (χ3n) is 5.81. The van der Waals surface area contributed by atoms with Crippen LogP contribution in [0.2, 0.25) is 0 Å². The summed E-state index contributed by atoms with van der Waals surface area (Å²) in [6.45, 7) is 8.90. The van der Waals surface area contributed by atoms with Crippen molar-refractivity contribution in [1.29, 1.82) is 0 Å². The van der Waals surface area contributed by atoms with Crippen molar-refractivity contribution in [2.45, 2.75) is 45.3 Å². The summed E-state index contributed by atoms with van der Waals surface area (Å²) >= 11 is 0. The second-order valence-electron chi connectivity index (χ2n) is 9.47. The van der Waals surface area contributed by atoms with Gasteiger partial charge in [-0.05, 0) is 47.7 Å². The van der Waals surface area contributed by atoms with Gasteiger partial charge in [0.2, 0.25) is 10.0 Å². The van der Waals surface area contributed by atoms with Crippen LogP contribution >= 0.6 is 0 Å². The maximum Gasteiger partial charge on any atom is 0.263 e. The Labute approximate surface area is 194 Å². The number of rotatable bonds is 4. The Bertz CT molecular complexity index is 1170. The van der Waals surface area contributed by atoms with E-state index >= 15 is 0 Å². The minimum absolute atomic E-state index is 0.0981. The van der Waals surface area contributed by atoms with E-state index in [4.69, 9.17) is 14.2 Å². The molecule has 0 fully saturated rings. The first kappa shape index (κ1) is 23.2. The third-order valence-corrected chi connectivity index (χ3v) is 6.96. The first-order valence-electron chi connectivity index (χ1n) is 10.9. The largest absolute Gasteiger partial charge is 0.486 e. The Morgan fingerprint density at radius 2 is 1.73 bits per heavy atom. The molecule has 0 spiro atoms. The van der Waals surface area contributed by atoms with Crippen molar-refractivity contribution in [1.82, 2.24) is 5.32 Å². The molecule has 1 N–H and O–H groups in total. The van der Waals surface area contributed by atoms with E-state index in [1.165, 1.54) is 4.31 Å². The molecule has 178 valence electrons. The summed E-state index contributed by atoms with van der Waals surface area (Å²) in [5, 5.41) is 2.93. The second-order valence-corrected chi connectivity index (χ2v) is 11.4. The average Bonchev–Trinajstić information content (AvgIpc) is 2.76. The summed E-state index contributed by atoms with van der Waals surface area (Å²) < 4.78 is 43.5. The summed E-state index contributed by atoms with van der Waals surface area (Å²) in [5.74, 6) is 1.29. The van der Waals surface area contributed by atoms with E-state index in [2.05, 4.69) is 26.1 Å². The number of fused-ring (bicyclic) bond motifs is 2. The van der Waals surface area contributed by atoms with Crippen LogP contribution in [0.15, 0.2) is 36.4 Å². The zero-order chi connectivity index (χ0) is 24.0. The highest BCUT2D eigenvalue weighted by atomic mass is 32.2. The van der Waals surface area contributed by atoms with Gasteiger partial charge in [0.1, 0.15) is 19.0 Å². The molecule has 2 aliphatic heterocycles. The molecule has 2 aromatic carbocycles. The number of hydrogen-bond acceptors (Lipinski definition) is 6. The Hall–Kier alpha value is -2.94. The number of hydrogen-bond donors (Lipinski definition) is 1. The van der Waals surface area contributed by atoms with E-state index < -0.39 is 22.0 Å². The average molecular weight is 475 g/mol. The molecule has 8 nitrogen and oxygen atoms in total. The molecule has 0 saturated carbocycles. The first-order valence-corrected chi connectivity index (χ1v) is 12.8. The minimum Gasteiger partial charge on any atom is -0.486 e. The number of anilines is 1. The summed E-state index contributed by atoms with van der Waals surface area (Å²) in [6.07, 6.45) is 0.158. The predicted octanol–water partition coefficient (Wildman–Crippen LogP) is 3.16. The van der Waals surface area contributed by atoms with E-state index in [9.17, 15) is 13.2 Å². The zero-order valence-corrected chi connectivity index (χ0v) is 20.4. The van der Waals surface area contributed by atoms with E-state index in [1.807, 2.05) is 37.3 Å². The van der Waals surface area contributed by atoms with Crippen LogP contribution in [-0.4, -0.2) is 46.4 Å². The quantitative estimate of drug-likeness (QED) is 0.732. The molecule has 33 heavy (non-hydrogen) atoms. The van der Waals surface area contributed by atoms with Gasteiger partial charge in [-0.1, -0.05) is 32.9 Å². The van der Waals surface area contributed by atoms with E-state index in [0.29, 0.717) is 36.1 Å². The van der Waals surface area contributed by atoms with Gasteiger partial charge >= 0.3 is 0 Å². The number of benzene rings is 2. The molecule has 0 radical (unpaired) electrons. The van der Waals surface area contributed by atoms with Crippen molar-refractivity contribution in [2.24, 2.45) is 0 Å². The maximum absolute atomic E-state index is 13.1. The van der Waals surface area contributed by atoms with E-state index in [-0.39, 0.29) is 18.0 Å². The third kappa shape index (κ3) is 4.88. The van der Waals surface area contributed by atoms with Crippen molar-refractivity contribution < 1.29 is 27.4 Å². The van der Waals surface area contributed by atoms with Crippen LogP contribution in [0, 0.1) is 0 Å². The molecule has 0 aromatic heterocycles. The molecule has 2 heterocycles. The van der Waals surface area contributed by atoms with Gasteiger partial charge in [-0.2, -0.15) is 0 Å². The Balaban J connectivity index is 1.55. The van der Waals surface area contributed by atoms with Crippen LogP contribution in [0.4, 0.5) is 5.69 Å². The van der Waals surface area contributed by atoms with Gasteiger partial charge in [0.05, 0.1) is 24.5 Å². The fourth-order valence-electron chi connectivity index (χ4n) is 3.89. The summed E-state index contributed by atoms with van der Waals surface area (Å²) in [5.41, 5.74) is 2.12. The highest BCUT2D eigenvalue weighted by Gasteiger charge is 2.36. The van der Waals surface area contributed by atoms with Gasteiger partial charge < -0.3 is 19.5 Å². The molecule has 2 unspecified atom stereocenters. The fourth-order valence-corrected chi connectivity index (χ4v) is 4.79. The number of carbonyl (C=O) groups excluding carboxylic acids is 1. The maximum atomic E-state index is 13.1. The fraction of sp³-hybridized carbons (Fsp3) is 0.458. The predicted molar refractivity (Wildman–Crippen MR) is 126 cm³/mol. The van der Waals surface area contributed by atoms with Crippen LogP contribution in [0.25, 0.3) is 0 Å². The topological polar surface area (TPSA) is 94.2 Å². The second kappa shape index (κ2) is 8.44. The first-order chi connectivity index (χ1) is 15.4. The molecule has 0 saturated heterocycles. The van der Waals surface area contributed by atoms with Gasteiger partial charge in [0, 0.05) is 0 Å². The number of nitrogens with zero attached hydrogens (tertiary/aromatic N) is 1. The summed E-state index contributed by atoms with van der Waals surface area (Å²) in [7, 11) is -3.62. The smallest absolute Gasteiger partial charge is 0.263 e. The molecule has 1 amide bonds. The number of nitrogens with one attached hydrogen (secondary N) is 1. The van der Waals surface area contributed by atoms with Gasteiger partial charge in [0.15, 0.2) is 17.6 Å². The molecular formula is C24H30N2O6S. The molecule has 4 rings (SSSR count). The SMILES string of the molecule is CC(NC(=O)C1CN(S(C)(=O)=O)c2cc(C(C)(C)C)ccc2O1)c1ccc2c(c1)OCCO2. The highest BCUT2D eigenvalue weighted by molar-refractivity contribution is 7.92. The van der Waals surface area contributed by atoms with Crippen molar-refractivity contribution in [2.75, 3.05) is 30.3 Å². The minimum atomic E-state index is -3.62. The summed E-state index contributed by atoms with van der Waals surface area (Å²) in [6, 6.07) is 10.6. The molecule has 0 bridgehead atoms. The number of carbonyl (C=O) groups is 1. The van der Waals surface area contributed by atoms with E-state index in [0.717, 1.165) is 17.4 Å². The van der Waals surface area contributed by atoms with Crippen molar-refractivity contribution in [3.63, 3.8) is 0 Å². The van der Waals surface area contributed by atoms with Gasteiger partial charge in [-0.3, -0.25) is 9.10 Å². The molecule has 2 aliphatic rings. The molecule has 9 heteroatoms. The van der Waals surface area contributed by atoms with Crippen molar-refractivity contribution >= 4 is 21.6 Å². The van der Waals surface area contributed by atoms with Crippen LogP contribution in [0.5, 0.6) is 17.2 Å². The lowest BCUT2D eigenvalue weighted by molar-refractivity contribution is -0.128. The van der Waals surface area contributed by atoms with Gasteiger partial charge in [0.25, 0.3) is 5.91 Å². The lowest BCUT2D eigenvalue weighted by Gasteiger charge is -2.35. The van der Waals surface area contributed by atoms with Gasteiger partial charge in [-0.15, -0.1) is 0 Å². The van der Waals surface area contributed by atoms with Gasteiger partial charge in [-0.25, -0.2) is 8.42 Å². The molecule has 2 aromatic rings. The summed E-state index contributed by atoms with van der Waals surface area (Å²) in [4.78, 5) is 13.1. The van der Waals surface area contributed by atoms with E-state index in [1.54, 1.807) is 6.07 Å².